The van der Waals surface area contributed by atoms with Crippen LogP contribution in [-0.4, -0.2) is 12.5 Å². The maximum atomic E-state index is 13.4. The Hall–Kier alpha value is -1.13. The zero-order valence-corrected chi connectivity index (χ0v) is 11.7. The molecule has 2 unspecified atom stereocenters. The Morgan fingerprint density at radius 3 is 2.56 bits per heavy atom. The zero-order valence-electron chi connectivity index (χ0n) is 10.9. The van der Waals surface area contributed by atoms with Crippen molar-refractivity contribution in [3.8, 4) is 0 Å². The predicted octanol–water partition coefficient (Wildman–Crippen LogP) is 2.33. The van der Waals surface area contributed by atoms with E-state index in [1.807, 2.05) is 13.0 Å². The van der Waals surface area contributed by atoms with E-state index >= 15 is 0 Å². The van der Waals surface area contributed by atoms with Crippen LogP contribution in [0.2, 0.25) is 0 Å². The quantitative estimate of drug-likeness (QED) is 0.885. The van der Waals surface area contributed by atoms with Crippen LogP contribution in [0.25, 0.3) is 0 Å². The van der Waals surface area contributed by atoms with Gasteiger partial charge in [-0.05, 0) is 31.0 Å². The van der Waals surface area contributed by atoms with Crippen molar-refractivity contribution in [1.29, 1.82) is 0 Å². The third-order valence-electron chi connectivity index (χ3n) is 2.86. The molecule has 2 atom stereocenters. The molecule has 1 aromatic carbocycles. The number of aryl methyl sites for hydroxylation is 1. The van der Waals surface area contributed by atoms with Crippen LogP contribution in [0.15, 0.2) is 18.2 Å². The summed E-state index contributed by atoms with van der Waals surface area (Å²) in [6.45, 7) is 5.60. The third-order valence-corrected chi connectivity index (χ3v) is 2.86. The van der Waals surface area contributed by atoms with E-state index in [0.29, 0.717) is 12.1 Å². The number of amides is 1. The van der Waals surface area contributed by atoms with Gasteiger partial charge in [0.25, 0.3) is 0 Å². The number of hydrogen-bond acceptors (Lipinski definition) is 2. The second-order valence-electron chi connectivity index (χ2n) is 4.38. The lowest BCUT2D eigenvalue weighted by Crippen LogP contribution is -2.34. The highest BCUT2D eigenvalue weighted by molar-refractivity contribution is 5.85. The molecule has 0 heterocycles. The molecule has 0 aromatic heterocycles. The number of hydrogen-bond donors (Lipinski definition) is 2. The topological polar surface area (TPSA) is 55.1 Å². The summed E-state index contributed by atoms with van der Waals surface area (Å²) in [6, 6.07) is 4.76. The van der Waals surface area contributed by atoms with Crippen molar-refractivity contribution in [2.45, 2.75) is 26.8 Å². The summed E-state index contributed by atoms with van der Waals surface area (Å²) in [5, 5.41) is 2.81. The molecule has 0 fully saturated rings. The highest BCUT2D eigenvalue weighted by atomic mass is 35.5. The summed E-state index contributed by atoms with van der Waals surface area (Å²) < 4.78 is 13.4. The minimum atomic E-state index is -0.254. The fourth-order valence-corrected chi connectivity index (χ4v) is 1.42. The molecule has 1 rings (SSSR count). The number of rotatable bonds is 4. The van der Waals surface area contributed by atoms with Crippen molar-refractivity contribution >= 4 is 18.3 Å². The first-order valence-electron chi connectivity index (χ1n) is 5.72. The van der Waals surface area contributed by atoms with Crippen molar-refractivity contribution in [2.24, 2.45) is 11.7 Å². The van der Waals surface area contributed by atoms with Gasteiger partial charge in [0.1, 0.15) is 5.82 Å². The molecule has 0 aliphatic carbocycles. The lowest BCUT2D eigenvalue weighted by Gasteiger charge is -2.17. The molecule has 0 spiro atoms. The number of carbonyl (C=O) groups is 1. The second kappa shape index (κ2) is 7.34. The molecule has 102 valence electrons. The lowest BCUT2D eigenvalue weighted by molar-refractivity contribution is -0.124. The van der Waals surface area contributed by atoms with Crippen LogP contribution in [-0.2, 0) is 4.79 Å². The van der Waals surface area contributed by atoms with Gasteiger partial charge in [-0.2, -0.15) is 0 Å². The van der Waals surface area contributed by atoms with E-state index in [-0.39, 0.29) is 36.1 Å². The van der Waals surface area contributed by atoms with Gasteiger partial charge in [0.2, 0.25) is 5.91 Å². The number of carbonyl (C=O) groups excluding carboxylic acids is 1. The lowest BCUT2D eigenvalue weighted by atomic mass is 10.0. The highest BCUT2D eigenvalue weighted by Gasteiger charge is 2.15. The summed E-state index contributed by atoms with van der Waals surface area (Å²) in [7, 11) is 0. The number of halogens is 2. The number of benzene rings is 1. The molecule has 0 saturated carbocycles. The highest BCUT2D eigenvalue weighted by Crippen LogP contribution is 2.16. The van der Waals surface area contributed by atoms with E-state index < -0.39 is 0 Å². The molecule has 0 aliphatic heterocycles. The monoisotopic (exact) mass is 274 g/mol. The molecule has 3 N–H and O–H groups in total. The van der Waals surface area contributed by atoms with Crippen molar-refractivity contribution in [1.82, 2.24) is 5.32 Å². The fourth-order valence-electron chi connectivity index (χ4n) is 1.42. The molecule has 0 saturated heterocycles. The fraction of sp³-hybridized carbons (Fsp3) is 0.462. The first-order chi connectivity index (χ1) is 7.95. The van der Waals surface area contributed by atoms with Crippen LogP contribution in [0, 0.1) is 18.7 Å². The van der Waals surface area contributed by atoms with Gasteiger partial charge < -0.3 is 11.1 Å². The summed E-state index contributed by atoms with van der Waals surface area (Å²) >= 11 is 0. The summed E-state index contributed by atoms with van der Waals surface area (Å²) in [6.07, 6.45) is 0. The summed E-state index contributed by atoms with van der Waals surface area (Å²) in [4.78, 5) is 11.6. The van der Waals surface area contributed by atoms with E-state index in [2.05, 4.69) is 5.32 Å². The normalized spacial score (nSPS) is 13.4. The first kappa shape index (κ1) is 16.9. The molecule has 1 amide bonds. The second-order valence-corrected chi connectivity index (χ2v) is 4.38. The zero-order chi connectivity index (χ0) is 13.0. The average Bonchev–Trinajstić information content (AvgIpc) is 2.31. The van der Waals surface area contributed by atoms with Gasteiger partial charge in [0.05, 0.1) is 6.04 Å². The van der Waals surface area contributed by atoms with Gasteiger partial charge >= 0.3 is 0 Å². The summed E-state index contributed by atoms with van der Waals surface area (Å²) in [5.74, 6) is -0.593. The Morgan fingerprint density at radius 1 is 1.44 bits per heavy atom. The van der Waals surface area contributed by atoms with Gasteiger partial charge in [-0.25, -0.2) is 4.39 Å². The predicted molar refractivity (Wildman–Crippen MR) is 73.2 cm³/mol. The van der Waals surface area contributed by atoms with Crippen LogP contribution >= 0.6 is 12.4 Å². The maximum Gasteiger partial charge on any atom is 0.224 e. The molecule has 1 aromatic rings. The Kier molecular flexibility index (Phi) is 6.88. The van der Waals surface area contributed by atoms with E-state index in [9.17, 15) is 9.18 Å². The molecule has 0 aliphatic rings. The van der Waals surface area contributed by atoms with Crippen molar-refractivity contribution in [3.63, 3.8) is 0 Å². The average molecular weight is 275 g/mol. The Labute approximate surface area is 113 Å². The maximum absolute atomic E-state index is 13.4. The standard InChI is InChI=1S/C13H19FN2O.ClH/c1-8-4-5-11(6-12(8)14)10(3)16-13(17)9(2)7-15;/h4-6,9-10H,7,15H2,1-3H3,(H,16,17);1H. The minimum absolute atomic E-state index is 0. The minimum Gasteiger partial charge on any atom is -0.349 e. The van der Waals surface area contributed by atoms with Crippen LogP contribution in [0.3, 0.4) is 0 Å². The molecule has 0 radical (unpaired) electrons. The van der Waals surface area contributed by atoms with Crippen LogP contribution in [0.5, 0.6) is 0 Å². The van der Waals surface area contributed by atoms with E-state index in [1.165, 1.54) is 6.07 Å². The van der Waals surface area contributed by atoms with E-state index in [0.717, 1.165) is 5.56 Å². The van der Waals surface area contributed by atoms with Crippen LogP contribution < -0.4 is 11.1 Å². The Morgan fingerprint density at radius 2 is 2.06 bits per heavy atom. The number of nitrogens with one attached hydrogen (secondary N) is 1. The van der Waals surface area contributed by atoms with E-state index in [1.54, 1.807) is 19.9 Å². The Balaban J connectivity index is 0.00000289. The van der Waals surface area contributed by atoms with Gasteiger partial charge in [-0.1, -0.05) is 19.1 Å². The van der Waals surface area contributed by atoms with Crippen LogP contribution in [0.1, 0.15) is 31.0 Å². The molecule has 18 heavy (non-hydrogen) atoms. The first-order valence-corrected chi connectivity index (χ1v) is 5.72. The number of nitrogens with two attached hydrogens (primary N) is 1. The third kappa shape index (κ3) is 4.27. The smallest absolute Gasteiger partial charge is 0.224 e. The van der Waals surface area contributed by atoms with Crippen molar-refractivity contribution in [3.05, 3.63) is 35.1 Å². The van der Waals surface area contributed by atoms with Crippen molar-refractivity contribution < 1.29 is 9.18 Å². The SMILES string of the molecule is Cc1ccc(C(C)NC(=O)C(C)CN)cc1F.Cl. The molecular weight excluding hydrogens is 255 g/mol. The molecular formula is C13H20ClFN2O. The van der Waals surface area contributed by atoms with Gasteiger partial charge in [-0.15, -0.1) is 12.4 Å². The molecule has 3 nitrogen and oxygen atoms in total. The van der Waals surface area contributed by atoms with Crippen LogP contribution in [0.4, 0.5) is 4.39 Å². The summed E-state index contributed by atoms with van der Waals surface area (Å²) in [5.41, 5.74) is 6.77. The van der Waals surface area contributed by atoms with Gasteiger partial charge in [0, 0.05) is 12.5 Å². The van der Waals surface area contributed by atoms with E-state index in [4.69, 9.17) is 5.73 Å². The van der Waals surface area contributed by atoms with Gasteiger partial charge in [-0.3, -0.25) is 4.79 Å². The molecule has 0 bridgehead atoms. The van der Waals surface area contributed by atoms with Crippen molar-refractivity contribution in [2.75, 3.05) is 6.54 Å². The molecule has 5 heteroatoms. The Bertz CT molecular complexity index is 412. The largest absolute Gasteiger partial charge is 0.349 e. The van der Waals surface area contributed by atoms with Gasteiger partial charge in [0.15, 0.2) is 0 Å².